The minimum absolute atomic E-state index is 0.868. The van der Waals surface area contributed by atoms with Crippen LogP contribution >= 0.6 is 12.6 Å². The Bertz CT molecular complexity index is 363. The van der Waals surface area contributed by atoms with Crippen LogP contribution in [0.2, 0.25) is 0 Å². The lowest BCUT2D eigenvalue weighted by atomic mass is 9.98. The zero-order chi connectivity index (χ0) is 12.1. The summed E-state index contributed by atoms with van der Waals surface area (Å²) in [6, 6.07) is 2.20. The Morgan fingerprint density at radius 3 is 2.50 bits per heavy atom. The summed E-state index contributed by atoms with van der Waals surface area (Å²) < 4.78 is 5.40. The van der Waals surface area contributed by atoms with Crippen LogP contribution in [-0.4, -0.2) is 19.4 Å². The average molecular weight is 239 g/mol. The van der Waals surface area contributed by atoms with E-state index in [-0.39, 0.29) is 0 Å². The predicted molar refractivity (Wildman–Crippen MR) is 72.8 cm³/mol. The monoisotopic (exact) mass is 239 g/mol. The summed E-state index contributed by atoms with van der Waals surface area (Å²) in [6.07, 6.45) is 0. The number of ether oxygens (including phenoxy) is 1. The molecule has 1 N–H and O–H groups in total. The fraction of sp³-hybridized carbons (Fsp3) is 0.538. The fourth-order valence-corrected chi connectivity index (χ4v) is 2.10. The van der Waals surface area contributed by atoms with Gasteiger partial charge >= 0.3 is 0 Å². The van der Waals surface area contributed by atoms with Crippen molar-refractivity contribution in [3.05, 3.63) is 28.3 Å². The molecule has 0 unspecified atom stereocenters. The standard InChI is InChI=1S/C13H21NOS/c1-9-7-12(8-14-5-6-16)10(2)11(3)13(9)15-4/h7,14,16H,5-6,8H2,1-4H3. The minimum atomic E-state index is 0.868. The lowest BCUT2D eigenvalue weighted by Gasteiger charge is -2.16. The minimum Gasteiger partial charge on any atom is -0.496 e. The zero-order valence-corrected chi connectivity index (χ0v) is 11.4. The Morgan fingerprint density at radius 1 is 1.25 bits per heavy atom. The first-order valence-electron chi connectivity index (χ1n) is 5.57. The summed E-state index contributed by atoms with van der Waals surface area (Å²) in [6.45, 7) is 8.19. The maximum absolute atomic E-state index is 5.40. The largest absolute Gasteiger partial charge is 0.496 e. The summed E-state index contributed by atoms with van der Waals surface area (Å²) >= 11 is 4.18. The van der Waals surface area contributed by atoms with Gasteiger partial charge in [0.05, 0.1) is 7.11 Å². The van der Waals surface area contributed by atoms with E-state index in [0.717, 1.165) is 24.6 Å². The van der Waals surface area contributed by atoms with Crippen LogP contribution in [-0.2, 0) is 6.54 Å². The highest BCUT2D eigenvalue weighted by molar-refractivity contribution is 7.80. The molecule has 0 spiro atoms. The molecule has 1 aromatic carbocycles. The van der Waals surface area contributed by atoms with Crippen molar-refractivity contribution >= 4 is 12.6 Å². The SMILES string of the molecule is COc1c(C)cc(CNCCS)c(C)c1C. The van der Waals surface area contributed by atoms with Gasteiger partial charge in [0.1, 0.15) is 5.75 Å². The first-order valence-corrected chi connectivity index (χ1v) is 6.20. The summed E-state index contributed by atoms with van der Waals surface area (Å²) in [5.41, 5.74) is 5.10. The third kappa shape index (κ3) is 2.92. The van der Waals surface area contributed by atoms with E-state index < -0.39 is 0 Å². The van der Waals surface area contributed by atoms with E-state index in [4.69, 9.17) is 4.74 Å². The highest BCUT2D eigenvalue weighted by Crippen LogP contribution is 2.28. The van der Waals surface area contributed by atoms with E-state index in [0.29, 0.717) is 0 Å². The molecule has 0 aromatic heterocycles. The number of rotatable bonds is 5. The van der Waals surface area contributed by atoms with Crippen molar-refractivity contribution in [3.8, 4) is 5.75 Å². The normalized spacial score (nSPS) is 10.6. The van der Waals surface area contributed by atoms with E-state index in [1.54, 1.807) is 7.11 Å². The second-order valence-corrected chi connectivity index (χ2v) is 4.48. The Morgan fingerprint density at radius 2 is 1.94 bits per heavy atom. The molecule has 0 radical (unpaired) electrons. The third-order valence-electron chi connectivity index (χ3n) is 2.94. The van der Waals surface area contributed by atoms with Crippen LogP contribution < -0.4 is 10.1 Å². The Kier molecular flexibility index (Phi) is 5.16. The van der Waals surface area contributed by atoms with Crippen molar-refractivity contribution in [2.75, 3.05) is 19.4 Å². The second kappa shape index (κ2) is 6.16. The highest BCUT2D eigenvalue weighted by Gasteiger charge is 2.09. The lowest BCUT2D eigenvalue weighted by Crippen LogP contribution is -2.17. The molecule has 90 valence electrons. The molecule has 0 fully saturated rings. The molecule has 0 aliphatic carbocycles. The summed E-state index contributed by atoms with van der Waals surface area (Å²) in [5, 5.41) is 3.37. The van der Waals surface area contributed by atoms with Gasteiger partial charge in [-0.15, -0.1) is 0 Å². The number of hydrogen-bond acceptors (Lipinski definition) is 3. The molecule has 3 heteroatoms. The smallest absolute Gasteiger partial charge is 0.124 e. The van der Waals surface area contributed by atoms with Gasteiger partial charge < -0.3 is 10.1 Å². The maximum Gasteiger partial charge on any atom is 0.124 e. The molecule has 0 bridgehead atoms. The van der Waals surface area contributed by atoms with Crippen LogP contribution in [0.4, 0.5) is 0 Å². The Hall–Kier alpha value is -0.670. The maximum atomic E-state index is 5.40. The average Bonchev–Trinajstić information content (AvgIpc) is 2.26. The molecule has 0 aliphatic heterocycles. The van der Waals surface area contributed by atoms with Crippen molar-refractivity contribution in [3.63, 3.8) is 0 Å². The van der Waals surface area contributed by atoms with Crippen molar-refractivity contribution in [2.45, 2.75) is 27.3 Å². The summed E-state index contributed by atoms with van der Waals surface area (Å²) in [4.78, 5) is 0. The van der Waals surface area contributed by atoms with Gasteiger partial charge in [-0.05, 0) is 43.0 Å². The highest BCUT2D eigenvalue weighted by atomic mass is 32.1. The number of benzene rings is 1. The molecule has 1 aromatic rings. The molecular formula is C13H21NOS. The predicted octanol–water partition coefficient (Wildman–Crippen LogP) is 2.64. The van der Waals surface area contributed by atoms with Gasteiger partial charge in [0, 0.05) is 18.8 Å². The van der Waals surface area contributed by atoms with Crippen LogP contribution in [0.5, 0.6) is 5.75 Å². The molecule has 0 amide bonds. The molecule has 0 saturated carbocycles. The topological polar surface area (TPSA) is 21.3 Å². The Labute approximate surface area is 104 Å². The summed E-state index contributed by atoms with van der Waals surface area (Å²) in [7, 11) is 1.73. The van der Waals surface area contributed by atoms with Crippen LogP contribution in [0.15, 0.2) is 6.07 Å². The van der Waals surface area contributed by atoms with Crippen LogP contribution in [0, 0.1) is 20.8 Å². The number of thiol groups is 1. The summed E-state index contributed by atoms with van der Waals surface area (Å²) in [5.74, 6) is 1.88. The van der Waals surface area contributed by atoms with E-state index in [9.17, 15) is 0 Å². The number of methoxy groups -OCH3 is 1. The van der Waals surface area contributed by atoms with Crippen LogP contribution in [0.3, 0.4) is 0 Å². The van der Waals surface area contributed by atoms with Gasteiger partial charge in [-0.3, -0.25) is 0 Å². The van der Waals surface area contributed by atoms with Gasteiger partial charge in [-0.1, -0.05) is 6.07 Å². The first kappa shape index (κ1) is 13.4. The molecule has 0 aliphatic rings. The van der Waals surface area contributed by atoms with Gasteiger partial charge in [-0.25, -0.2) is 0 Å². The van der Waals surface area contributed by atoms with Gasteiger partial charge in [0.25, 0.3) is 0 Å². The number of hydrogen-bond donors (Lipinski definition) is 2. The van der Waals surface area contributed by atoms with E-state index in [1.165, 1.54) is 22.3 Å². The lowest BCUT2D eigenvalue weighted by molar-refractivity contribution is 0.408. The molecule has 2 nitrogen and oxygen atoms in total. The second-order valence-electron chi connectivity index (χ2n) is 4.04. The van der Waals surface area contributed by atoms with E-state index >= 15 is 0 Å². The van der Waals surface area contributed by atoms with Crippen LogP contribution in [0.25, 0.3) is 0 Å². The van der Waals surface area contributed by atoms with E-state index in [2.05, 4.69) is 44.8 Å². The van der Waals surface area contributed by atoms with Gasteiger partial charge in [0.15, 0.2) is 0 Å². The fourth-order valence-electron chi connectivity index (χ4n) is 1.94. The van der Waals surface area contributed by atoms with Gasteiger partial charge in [-0.2, -0.15) is 12.6 Å². The Balaban J connectivity index is 2.94. The molecule has 0 heterocycles. The number of nitrogens with one attached hydrogen (secondary N) is 1. The van der Waals surface area contributed by atoms with E-state index in [1.807, 2.05) is 0 Å². The molecule has 0 saturated heterocycles. The van der Waals surface area contributed by atoms with Gasteiger partial charge in [0.2, 0.25) is 0 Å². The molecule has 16 heavy (non-hydrogen) atoms. The molecular weight excluding hydrogens is 218 g/mol. The van der Waals surface area contributed by atoms with Crippen molar-refractivity contribution in [2.24, 2.45) is 0 Å². The van der Waals surface area contributed by atoms with Crippen molar-refractivity contribution in [1.29, 1.82) is 0 Å². The zero-order valence-electron chi connectivity index (χ0n) is 10.6. The van der Waals surface area contributed by atoms with Crippen LogP contribution in [0.1, 0.15) is 22.3 Å². The molecule has 1 rings (SSSR count). The molecule has 0 atom stereocenters. The third-order valence-corrected chi connectivity index (χ3v) is 3.17. The van der Waals surface area contributed by atoms with Crippen molar-refractivity contribution < 1.29 is 4.74 Å². The van der Waals surface area contributed by atoms with Crippen molar-refractivity contribution in [1.82, 2.24) is 5.32 Å². The first-order chi connectivity index (χ1) is 7.61. The number of aryl methyl sites for hydroxylation is 1. The quantitative estimate of drug-likeness (QED) is 0.609.